The van der Waals surface area contributed by atoms with E-state index in [9.17, 15) is 14.3 Å². The maximum atomic E-state index is 14.0. The quantitative estimate of drug-likeness (QED) is 0.853. The number of benzene rings is 1. The highest BCUT2D eigenvalue weighted by molar-refractivity contribution is 5.90. The average Bonchev–Trinajstić information content (AvgIpc) is 2.56. The Morgan fingerprint density at radius 1 is 1.20 bits per heavy atom. The molecule has 7 nitrogen and oxygen atoms in total. The molecule has 0 unspecified atom stereocenters. The molecule has 0 saturated carbocycles. The highest BCUT2D eigenvalue weighted by Gasteiger charge is 2.27. The van der Waals surface area contributed by atoms with E-state index in [0.717, 1.165) is 0 Å². The van der Waals surface area contributed by atoms with Crippen molar-refractivity contribution in [2.45, 2.75) is 26.4 Å². The van der Waals surface area contributed by atoms with E-state index in [4.69, 9.17) is 4.74 Å². The second-order valence-corrected chi connectivity index (χ2v) is 6.95. The Labute approximate surface area is 145 Å². The minimum absolute atomic E-state index is 0.0829. The SMILES string of the molecule is CC(C)(C)OC(=O)N1CCN(c2ncnc3c(F)c(O)ccc23)CC1. The lowest BCUT2D eigenvalue weighted by Crippen LogP contribution is -2.50. The lowest BCUT2D eigenvalue weighted by molar-refractivity contribution is 0.0240. The zero-order valence-corrected chi connectivity index (χ0v) is 14.5. The van der Waals surface area contributed by atoms with Gasteiger partial charge in [0.25, 0.3) is 0 Å². The summed E-state index contributed by atoms with van der Waals surface area (Å²) < 4.78 is 19.4. The van der Waals surface area contributed by atoms with Crippen LogP contribution in [0.5, 0.6) is 5.75 Å². The fourth-order valence-corrected chi connectivity index (χ4v) is 2.75. The number of ether oxygens (including phenoxy) is 1. The number of rotatable bonds is 1. The molecule has 1 aromatic heterocycles. The van der Waals surface area contributed by atoms with E-state index in [1.165, 1.54) is 12.4 Å². The number of halogens is 1. The number of amides is 1. The van der Waals surface area contributed by atoms with E-state index < -0.39 is 17.2 Å². The first kappa shape index (κ1) is 17.2. The number of anilines is 1. The minimum atomic E-state index is -0.756. The van der Waals surface area contributed by atoms with Crippen LogP contribution in [0.15, 0.2) is 18.5 Å². The van der Waals surface area contributed by atoms with Gasteiger partial charge in [-0.2, -0.15) is 0 Å². The van der Waals surface area contributed by atoms with E-state index in [1.807, 2.05) is 25.7 Å². The summed E-state index contributed by atoms with van der Waals surface area (Å²) in [4.78, 5) is 23.9. The second-order valence-electron chi connectivity index (χ2n) is 6.95. The number of phenolic OH excluding ortho intramolecular Hbond substituents is 1. The van der Waals surface area contributed by atoms with Gasteiger partial charge in [-0.25, -0.2) is 19.2 Å². The summed E-state index contributed by atoms with van der Waals surface area (Å²) in [7, 11) is 0. The number of piperazine rings is 1. The van der Waals surface area contributed by atoms with Crippen molar-refractivity contribution in [1.82, 2.24) is 14.9 Å². The first-order valence-corrected chi connectivity index (χ1v) is 8.11. The summed E-state index contributed by atoms with van der Waals surface area (Å²) in [6.45, 7) is 7.57. The summed E-state index contributed by atoms with van der Waals surface area (Å²) in [6, 6.07) is 2.89. The largest absolute Gasteiger partial charge is 0.505 e. The molecule has 2 aromatic rings. The topological polar surface area (TPSA) is 78.8 Å². The van der Waals surface area contributed by atoms with Crippen LogP contribution < -0.4 is 4.90 Å². The van der Waals surface area contributed by atoms with Crippen molar-refractivity contribution in [3.8, 4) is 5.75 Å². The Bertz CT molecular complexity index is 798. The molecule has 1 aliphatic rings. The Hall–Kier alpha value is -2.64. The van der Waals surface area contributed by atoms with Crippen LogP contribution in [-0.4, -0.2) is 57.8 Å². The van der Waals surface area contributed by atoms with Crippen LogP contribution in [0.2, 0.25) is 0 Å². The predicted octanol–water partition coefficient (Wildman–Crippen LogP) is 2.53. The van der Waals surface area contributed by atoms with Gasteiger partial charge in [-0.15, -0.1) is 0 Å². The predicted molar refractivity (Wildman–Crippen MR) is 91.2 cm³/mol. The zero-order chi connectivity index (χ0) is 18.2. The van der Waals surface area contributed by atoms with Crippen LogP contribution >= 0.6 is 0 Å². The summed E-state index contributed by atoms with van der Waals surface area (Å²) in [5.41, 5.74) is -0.448. The number of aromatic hydroxyl groups is 1. The van der Waals surface area contributed by atoms with Crippen LogP contribution in [-0.2, 0) is 4.74 Å². The first-order chi connectivity index (χ1) is 11.8. The number of hydrogen-bond donors (Lipinski definition) is 1. The molecule has 1 N–H and O–H groups in total. The highest BCUT2D eigenvalue weighted by Crippen LogP contribution is 2.29. The molecule has 1 aliphatic heterocycles. The Kier molecular flexibility index (Phi) is 4.36. The maximum absolute atomic E-state index is 14.0. The van der Waals surface area contributed by atoms with Gasteiger partial charge in [0.05, 0.1) is 0 Å². The molecule has 8 heteroatoms. The number of carbonyl (C=O) groups is 1. The molecule has 25 heavy (non-hydrogen) atoms. The van der Waals surface area contributed by atoms with Gasteiger partial charge in [-0.05, 0) is 32.9 Å². The molecule has 0 atom stereocenters. The normalized spacial score (nSPS) is 15.5. The van der Waals surface area contributed by atoms with Gasteiger partial charge in [-0.1, -0.05) is 0 Å². The van der Waals surface area contributed by atoms with E-state index in [1.54, 1.807) is 11.0 Å². The van der Waals surface area contributed by atoms with Gasteiger partial charge in [0.15, 0.2) is 11.6 Å². The van der Waals surface area contributed by atoms with Crippen LogP contribution in [0.4, 0.5) is 15.0 Å². The van der Waals surface area contributed by atoms with Gasteiger partial charge >= 0.3 is 6.09 Å². The molecule has 0 aliphatic carbocycles. The smallest absolute Gasteiger partial charge is 0.410 e. The third-order valence-electron chi connectivity index (χ3n) is 3.93. The molecule has 0 radical (unpaired) electrons. The second kappa shape index (κ2) is 6.34. The van der Waals surface area contributed by atoms with Gasteiger partial charge in [0.2, 0.25) is 0 Å². The van der Waals surface area contributed by atoms with Crippen LogP contribution in [0, 0.1) is 5.82 Å². The number of hydrogen-bond acceptors (Lipinski definition) is 6. The monoisotopic (exact) mass is 348 g/mol. The molecule has 1 aromatic carbocycles. The van der Waals surface area contributed by atoms with Crippen molar-refractivity contribution in [2.24, 2.45) is 0 Å². The summed E-state index contributed by atoms with van der Waals surface area (Å²) >= 11 is 0. The number of aromatic nitrogens is 2. The van der Waals surface area contributed by atoms with E-state index in [-0.39, 0.29) is 11.6 Å². The Morgan fingerprint density at radius 3 is 2.52 bits per heavy atom. The van der Waals surface area contributed by atoms with Crippen molar-refractivity contribution >= 4 is 22.8 Å². The highest BCUT2D eigenvalue weighted by atomic mass is 19.1. The molecule has 2 heterocycles. The summed E-state index contributed by atoms with van der Waals surface area (Å²) in [5.74, 6) is -0.604. The Morgan fingerprint density at radius 2 is 1.88 bits per heavy atom. The van der Waals surface area contributed by atoms with Crippen molar-refractivity contribution < 1.29 is 19.0 Å². The van der Waals surface area contributed by atoms with E-state index in [0.29, 0.717) is 37.4 Å². The maximum Gasteiger partial charge on any atom is 0.410 e. The zero-order valence-electron chi connectivity index (χ0n) is 14.5. The lowest BCUT2D eigenvalue weighted by Gasteiger charge is -2.36. The van der Waals surface area contributed by atoms with Crippen LogP contribution in [0.1, 0.15) is 20.8 Å². The number of phenols is 1. The van der Waals surface area contributed by atoms with Gasteiger partial charge in [0, 0.05) is 31.6 Å². The van der Waals surface area contributed by atoms with Crippen molar-refractivity contribution in [1.29, 1.82) is 0 Å². The molecule has 1 amide bonds. The molecule has 3 rings (SSSR count). The van der Waals surface area contributed by atoms with E-state index in [2.05, 4.69) is 9.97 Å². The minimum Gasteiger partial charge on any atom is -0.505 e. The molecular weight excluding hydrogens is 327 g/mol. The summed E-state index contributed by atoms with van der Waals surface area (Å²) in [5, 5.41) is 10.0. The molecule has 1 fully saturated rings. The van der Waals surface area contributed by atoms with Crippen molar-refractivity contribution in [3.63, 3.8) is 0 Å². The van der Waals surface area contributed by atoms with Crippen LogP contribution in [0.3, 0.4) is 0 Å². The van der Waals surface area contributed by atoms with Crippen molar-refractivity contribution in [2.75, 3.05) is 31.1 Å². The standard InChI is InChI=1S/C17H21FN4O3/c1-17(2,3)25-16(24)22-8-6-21(7-9-22)15-11-4-5-12(23)13(18)14(11)19-10-20-15/h4-5,10,23H,6-9H2,1-3H3. The van der Waals surface area contributed by atoms with Gasteiger partial charge < -0.3 is 19.6 Å². The van der Waals surface area contributed by atoms with Gasteiger partial charge in [0.1, 0.15) is 23.3 Å². The molecule has 0 spiro atoms. The number of fused-ring (bicyclic) bond motifs is 1. The fraction of sp³-hybridized carbons (Fsp3) is 0.471. The fourth-order valence-electron chi connectivity index (χ4n) is 2.75. The first-order valence-electron chi connectivity index (χ1n) is 8.11. The lowest BCUT2D eigenvalue weighted by atomic mass is 10.2. The number of nitrogens with zero attached hydrogens (tertiary/aromatic N) is 4. The van der Waals surface area contributed by atoms with Crippen LogP contribution in [0.25, 0.3) is 10.9 Å². The molecule has 134 valence electrons. The van der Waals surface area contributed by atoms with E-state index >= 15 is 0 Å². The molecule has 0 bridgehead atoms. The Balaban J connectivity index is 1.77. The molecular formula is C17H21FN4O3. The summed E-state index contributed by atoms with van der Waals surface area (Å²) in [6.07, 6.45) is 0.941. The third kappa shape index (κ3) is 3.57. The third-order valence-corrected chi connectivity index (χ3v) is 3.93. The number of carbonyl (C=O) groups excluding carboxylic acids is 1. The molecule has 1 saturated heterocycles. The average molecular weight is 348 g/mol. The van der Waals surface area contributed by atoms with Crippen molar-refractivity contribution in [3.05, 3.63) is 24.3 Å². The van der Waals surface area contributed by atoms with Gasteiger partial charge in [-0.3, -0.25) is 0 Å².